The van der Waals surface area contributed by atoms with Gasteiger partial charge in [-0.25, -0.2) is 4.98 Å². The lowest BCUT2D eigenvalue weighted by molar-refractivity contribution is -0.141. The van der Waals surface area contributed by atoms with Crippen molar-refractivity contribution in [2.45, 2.75) is 6.10 Å². The van der Waals surface area contributed by atoms with E-state index in [2.05, 4.69) is 15.2 Å². The van der Waals surface area contributed by atoms with Crippen molar-refractivity contribution in [2.24, 2.45) is 0 Å². The number of aromatic hydroxyl groups is 1. The zero-order chi connectivity index (χ0) is 24.2. The first-order valence-electron chi connectivity index (χ1n) is 11.0. The predicted molar refractivity (Wildman–Crippen MR) is 132 cm³/mol. The molecule has 2 aromatic heterocycles. The number of nitrogens with one attached hydrogen (secondary N) is 1. The Labute approximate surface area is 198 Å². The maximum absolute atomic E-state index is 13.0. The number of carbonyl (C=O) groups is 1. The predicted octanol–water partition coefficient (Wildman–Crippen LogP) is 3.71. The van der Waals surface area contributed by atoms with Crippen LogP contribution in [0.5, 0.6) is 5.75 Å². The number of phenols is 1. The van der Waals surface area contributed by atoms with Gasteiger partial charge < -0.3 is 19.6 Å². The number of nitrogens with zero attached hydrogens (tertiary/aromatic N) is 4. The lowest BCUT2D eigenvalue weighted by atomic mass is 9.99. The molecule has 8 heteroatoms. The number of aromatic amines is 1. The molecule has 1 atom stereocenters. The minimum Gasteiger partial charge on any atom is -0.507 e. The molecule has 1 unspecified atom stereocenters. The van der Waals surface area contributed by atoms with Crippen LogP contribution in [0, 0.1) is 0 Å². The standard InChI is InChI=1S/C26H29N5O3/c1-30(2)12-13-31(3)26(33)24(34-4)18-9-7-8-17(14-18)19-15-21-23(28-29-25(21)27-16-19)20-10-5-6-11-22(20)32/h5-11,14-16,24,32H,12-13H2,1-4H3,(H,27,28,29). The molecule has 4 aromatic rings. The number of phenolic OH excluding ortho intramolecular Hbond substituents is 1. The minimum absolute atomic E-state index is 0.0910. The maximum atomic E-state index is 13.0. The zero-order valence-corrected chi connectivity index (χ0v) is 19.8. The molecule has 0 saturated heterocycles. The summed E-state index contributed by atoms with van der Waals surface area (Å²) < 4.78 is 5.60. The molecule has 2 N–H and O–H groups in total. The summed E-state index contributed by atoms with van der Waals surface area (Å²) >= 11 is 0. The fourth-order valence-corrected chi connectivity index (χ4v) is 3.87. The van der Waals surface area contributed by atoms with E-state index in [4.69, 9.17) is 4.74 Å². The number of pyridine rings is 1. The van der Waals surface area contributed by atoms with Crippen molar-refractivity contribution < 1.29 is 14.6 Å². The van der Waals surface area contributed by atoms with E-state index in [1.165, 1.54) is 0 Å². The molecule has 0 bridgehead atoms. The Bertz CT molecular complexity index is 1300. The van der Waals surface area contributed by atoms with E-state index < -0.39 is 6.10 Å². The Morgan fingerprint density at radius 2 is 1.85 bits per heavy atom. The third-order valence-corrected chi connectivity index (χ3v) is 5.82. The number of hydrogen-bond acceptors (Lipinski definition) is 6. The van der Waals surface area contributed by atoms with Crippen LogP contribution in [0.1, 0.15) is 11.7 Å². The van der Waals surface area contributed by atoms with Crippen LogP contribution in [0.4, 0.5) is 0 Å². The summed E-state index contributed by atoms with van der Waals surface area (Å²) in [5.74, 6) is 0.0760. The summed E-state index contributed by atoms with van der Waals surface area (Å²) in [5, 5.41) is 18.4. The van der Waals surface area contributed by atoms with Gasteiger partial charge in [0, 0.05) is 50.0 Å². The van der Waals surface area contributed by atoms with Gasteiger partial charge in [0.1, 0.15) is 5.75 Å². The molecule has 8 nitrogen and oxygen atoms in total. The van der Waals surface area contributed by atoms with Crippen LogP contribution in [-0.4, -0.2) is 77.3 Å². The average molecular weight is 460 g/mol. The van der Waals surface area contributed by atoms with E-state index in [1.807, 2.05) is 61.5 Å². The number of benzene rings is 2. The smallest absolute Gasteiger partial charge is 0.256 e. The number of likely N-dealkylation sites (N-methyl/N-ethyl adjacent to an activating group) is 2. The summed E-state index contributed by atoms with van der Waals surface area (Å²) in [6.45, 7) is 1.38. The highest BCUT2D eigenvalue weighted by atomic mass is 16.5. The minimum atomic E-state index is -0.699. The van der Waals surface area contributed by atoms with Crippen molar-refractivity contribution in [3.63, 3.8) is 0 Å². The van der Waals surface area contributed by atoms with Crippen molar-refractivity contribution in [1.82, 2.24) is 25.0 Å². The van der Waals surface area contributed by atoms with Gasteiger partial charge >= 0.3 is 0 Å². The Morgan fingerprint density at radius 1 is 1.06 bits per heavy atom. The average Bonchev–Trinajstić information content (AvgIpc) is 3.26. The van der Waals surface area contributed by atoms with Gasteiger partial charge in [-0.1, -0.05) is 30.3 Å². The van der Waals surface area contributed by atoms with Crippen molar-refractivity contribution in [2.75, 3.05) is 41.3 Å². The molecule has 0 fully saturated rings. The fraction of sp³-hybridized carbons (Fsp3) is 0.269. The van der Waals surface area contributed by atoms with Crippen molar-refractivity contribution in [1.29, 1.82) is 0 Å². The molecule has 34 heavy (non-hydrogen) atoms. The molecule has 0 aliphatic heterocycles. The summed E-state index contributed by atoms with van der Waals surface area (Å²) in [4.78, 5) is 21.3. The van der Waals surface area contributed by atoms with Gasteiger partial charge in [-0.2, -0.15) is 5.10 Å². The lowest BCUT2D eigenvalue weighted by Crippen LogP contribution is -2.37. The number of rotatable bonds is 8. The van der Waals surface area contributed by atoms with Gasteiger partial charge in [-0.3, -0.25) is 9.89 Å². The van der Waals surface area contributed by atoms with Gasteiger partial charge in [-0.05, 0) is 49.5 Å². The molecule has 0 radical (unpaired) electrons. The number of amides is 1. The number of para-hydroxylation sites is 1. The Balaban J connectivity index is 1.67. The highest BCUT2D eigenvalue weighted by molar-refractivity contribution is 5.94. The van der Waals surface area contributed by atoms with Gasteiger partial charge in [0.2, 0.25) is 0 Å². The molecule has 176 valence electrons. The molecule has 0 saturated carbocycles. The summed E-state index contributed by atoms with van der Waals surface area (Å²) in [6.07, 6.45) is 1.05. The molecular formula is C26H29N5O3. The number of ether oxygens (including phenoxy) is 1. The molecule has 0 spiro atoms. The van der Waals surface area contributed by atoms with E-state index in [1.54, 1.807) is 37.4 Å². The van der Waals surface area contributed by atoms with Crippen LogP contribution in [-0.2, 0) is 9.53 Å². The number of hydrogen-bond donors (Lipinski definition) is 2. The van der Waals surface area contributed by atoms with Crippen LogP contribution in [0.2, 0.25) is 0 Å². The Morgan fingerprint density at radius 3 is 2.59 bits per heavy atom. The first-order chi connectivity index (χ1) is 16.4. The molecule has 1 amide bonds. The van der Waals surface area contributed by atoms with Gasteiger partial charge in [0.05, 0.1) is 5.69 Å². The quantitative estimate of drug-likeness (QED) is 0.417. The zero-order valence-electron chi connectivity index (χ0n) is 19.8. The first-order valence-corrected chi connectivity index (χ1v) is 11.0. The van der Waals surface area contributed by atoms with E-state index in [-0.39, 0.29) is 11.7 Å². The van der Waals surface area contributed by atoms with Gasteiger partial charge in [0.15, 0.2) is 11.8 Å². The molecule has 2 heterocycles. The van der Waals surface area contributed by atoms with E-state index in [0.29, 0.717) is 23.4 Å². The number of H-pyrrole nitrogens is 1. The Kier molecular flexibility index (Phi) is 6.90. The normalized spacial score (nSPS) is 12.3. The van der Waals surface area contributed by atoms with Crippen LogP contribution >= 0.6 is 0 Å². The molecule has 0 aliphatic rings. The maximum Gasteiger partial charge on any atom is 0.256 e. The molecule has 0 aliphatic carbocycles. The largest absolute Gasteiger partial charge is 0.507 e. The second kappa shape index (κ2) is 10.0. The molecule has 4 rings (SSSR count). The second-order valence-electron chi connectivity index (χ2n) is 8.52. The third-order valence-electron chi connectivity index (χ3n) is 5.82. The summed E-state index contributed by atoms with van der Waals surface area (Å²) in [7, 11) is 7.29. The number of fused-ring (bicyclic) bond motifs is 1. The SMILES string of the molecule is COC(C(=O)N(C)CCN(C)C)c1cccc(-c2cnc3n[nH]c(-c4ccccc4O)c3c2)c1. The highest BCUT2D eigenvalue weighted by Gasteiger charge is 2.24. The first kappa shape index (κ1) is 23.4. The number of aromatic nitrogens is 3. The number of carbonyl (C=O) groups excluding carboxylic acids is 1. The van der Waals surface area contributed by atoms with E-state index >= 15 is 0 Å². The number of methoxy groups -OCH3 is 1. The van der Waals surface area contributed by atoms with Crippen LogP contribution in [0.25, 0.3) is 33.4 Å². The monoisotopic (exact) mass is 459 g/mol. The third kappa shape index (κ3) is 4.78. The summed E-state index contributed by atoms with van der Waals surface area (Å²) in [6, 6.07) is 16.8. The van der Waals surface area contributed by atoms with Crippen molar-refractivity contribution >= 4 is 16.9 Å². The van der Waals surface area contributed by atoms with E-state index in [9.17, 15) is 9.90 Å². The molecule has 2 aromatic carbocycles. The van der Waals surface area contributed by atoms with Gasteiger partial charge in [-0.15, -0.1) is 0 Å². The van der Waals surface area contributed by atoms with Crippen LogP contribution in [0.15, 0.2) is 60.8 Å². The van der Waals surface area contributed by atoms with Crippen LogP contribution < -0.4 is 0 Å². The van der Waals surface area contributed by atoms with Gasteiger partial charge in [0.25, 0.3) is 5.91 Å². The van der Waals surface area contributed by atoms with Crippen molar-refractivity contribution in [3.8, 4) is 28.1 Å². The molecular weight excluding hydrogens is 430 g/mol. The van der Waals surface area contributed by atoms with Crippen molar-refractivity contribution in [3.05, 3.63) is 66.4 Å². The lowest BCUT2D eigenvalue weighted by Gasteiger charge is -2.24. The van der Waals surface area contributed by atoms with Crippen LogP contribution in [0.3, 0.4) is 0 Å². The topological polar surface area (TPSA) is 94.6 Å². The Hall–Kier alpha value is -3.75. The fourth-order valence-electron chi connectivity index (χ4n) is 3.87. The highest BCUT2D eigenvalue weighted by Crippen LogP contribution is 2.34. The summed E-state index contributed by atoms with van der Waals surface area (Å²) in [5.41, 5.74) is 4.47. The second-order valence-corrected chi connectivity index (χ2v) is 8.52. The van der Waals surface area contributed by atoms with E-state index in [0.717, 1.165) is 28.6 Å².